The van der Waals surface area contributed by atoms with Gasteiger partial charge in [-0.05, 0) is 69.0 Å². The van der Waals surface area contributed by atoms with E-state index in [-0.39, 0.29) is 34.9 Å². The number of nitrogens with zero attached hydrogens (tertiary/aromatic N) is 4. The van der Waals surface area contributed by atoms with Crippen LogP contribution in [0.5, 0.6) is 0 Å². The van der Waals surface area contributed by atoms with Crippen LogP contribution in [0.2, 0.25) is 5.02 Å². The quantitative estimate of drug-likeness (QED) is 0.521. The van der Waals surface area contributed by atoms with E-state index < -0.39 is 5.82 Å². The normalized spacial score (nSPS) is 16.6. The van der Waals surface area contributed by atoms with Crippen molar-refractivity contribution < 1.29 is 9.18 Å². The molecule has 36 heavy (non-hydrogen) atoms. The zero-order valence-corrected chi connectivity index (χ0v) is 21.4. The van der Waals surface area contributed by atoms with Crippen molar-refractivity contribution >= 4 is 34.1 Å². The van der Waals surface area contributed by atoms with Crippen LogP contribution in [-0.2, 0) is 11.3 Å². The summed E-state index contributed by atoms with van der Waals surface area (Å²) in [5, 5.41) is 3.20. The first-order valence-corrected chi connectivity index (χ1v) is 12.9. The Balaban J connectivity index is 1.51. The molecule has 0 atom stereocenters. The number of fused-ring (bicyclic) bond motifs is 1. The third kappa shape index (κ3) is 5.39. The monoisotopic (exact) mass is 511 g/mol. The van der Waals surface area contributed by atoms with E-state index in [9.17, 15) is 14.0 Å². The molecule has 5 rings (SSSR count). The zero-order chi connectivity index (χ0) is 25.4. The smallest absolute Gasteiger partial charge is 0.262 e. The molecule has 1 N–H and O–H groups in total. The number of anilines is 1. The second-order valence-electron chi connectivity index (χ2n) is 10.1. The van der Waals surface area contributed by atoms with Crippen LogP contribution >= 0.6 is 11.6 Å². The molecule has 0 spiro atoms. The van der Waals surface area contributed by atoms with Crippen molar-refractivity contribution in [2.45, 2.75) is 39.3 Å². The molecular formula is C27H31ClFN5O2. The van der Waals surface area contributed by atoms with Gasteiger partial charge in [-0.25, -0.2) is 9.37 Å². The second-order valence-corrected chi connectivity index (χ2v) is 10.5. The maximum atomic E-state index is 13.8. The lowest BCUT2D eigenvalue weighted by Gasteiger charge is -2.36. The van der Waals surface area contributed by atoms with Crippen molar-refractivity contribution in [3.63, 3.8) is 0 Å². The number of nitrogens with one attached hydrogen (secondary N) is 1. The highest BCUT2D eigenvalue weighted by atomic mass is 35.5. The van der Waals surface area contributed by atoms with Crippen molar-refractivity contribution in [1.82, 2.24) is 19.8 Å². The Morgan fingerprint density at radius 1 is 1.14 bits per heavy atom. The highest BCUT2D eigenvalue weighted by molar-refractivity contribution is 6.31. The molecule has 1 saturated carbocycles. The Morgan fingerprint density at radius 3 is 2.56 bits per heavy atom. The molecular weight excluding hydrogens is 481 g/mol. The summed E-state index contributed by atoms with van der Waals surface area (Å²) in [6.45, 7) is 8.54. The molecule has 3 aromatic rings. The van der Waals surface area contributed by atoms with Crippen molar-refractivity contribution in [2.75, 3.05) is 37.6 Å². The average molecular weight is 512 g/mol. The summed E-state index contributed by atoms with van der Waals surface area (Å²) in [5.74, 6) is 0.287. The first kappa shape index (κ1) is 24.7. The number of carbonyl (C=O) groups is 1. The summed E-state index contributed by atoms with van der Waals surface area (Å²) in [6, 6.07) is 9.81. The van der Waals surface area contributed by atoms with Crippen LogP contribution in [0.15, 0.2) is 41.2 Å². The SMILES string of the molecule is CC(C)NC(=O)Cn1c(-c2ccc(F)c(Cl)c2)nc2ccc(N3CCN(CC4CC4)CC3)cc2c1=O. The topological polar surface area (TPSA) is 70.5 Å². The third-order valence-electron chi connectivity index (χ3n) is 6.82. The molecule has 2 aliphatic rings. The molecule has 9 heteroatoms. The van der Waals surface area contributed by atoms with E-state index in [0.717, 1.165) is 37.8 Å². The lowest BCUT2D eigenvalue weighted by molar-refractivity contribution is -0.122. The molecule has 2 heterocycles. The summed E-state index contributed by atoms with van der Waals surface area (Å²) < 4.78 is 15.2. The number of carbonyl (C=O) groups excluding carboxylic acids is 1. The van der Waals surface area contributed by atoms with E-state index in [1.54, 1.807) is 0 Å². The van der Waals surface area contributed by atoms with Crippen LogP contribution in [-0.4, -0.2) is 59.1 Å². The fourth-order valence-electron chi connectivity index (χ4n) is 4.77. The minimum absolute atomic E-state index is 0.0730. The highest BCUT2D eigenvalue weighted by Gasteiger charge is 2.26. The Labute approximate surface area is 214 Å². The van der Waals surface area contributed by atoms with Crippen LogP contribution in [0.1, 0.15) is 26.7 Å². The van der Waals surface area contributed by atoms with Gasteiger partial charge in [0.1, 0.15) is 18.2 Å². The molecule has 0 radical (unpaired) electrons. The number of rotatable bonds is 7. The molecule has 1 aliphatic heterocycles. The molecule has 7 nitrogen and oxygen atoms in total. The van der Waals surface area contributed by atoms with E-state index >= 15 is 0 Å². The second kappa shape index (κ2) is 10.2. The van der Waals surface area contributed by atoms with Gasteiger partial charge in [-0.3, -0.25) is 19.1 Å². The number of hydrogen-bond acceptors (Lipinski definition) is 5. The number of amides is 1. The van der Waals surface area contributed by atoms with Gasteiger partial charge in [0.15, 0.2) is 0 Å². The van der Waals surface area contributed by atoms with Gasteiger partial charge in [0.2, 0.25) is 5.91 Å². The van der Waals surface area contributed by atoms with E-state index in [0.29, 0.717) is 16.5 Å². The summed E-state index contributed by atoms with van der Waals surface area (Å²) in [7, 11) is 0. The third-order valence-corrected chi connectivity index (χ3v) is 7.11. The fourth-order valence-corrected chi connectivity index (χ4v) is 4.95. The molecule has 1 saturated heterocycles. The first-order chi connectivity index (χ1) is 17.3. The van der Waals surface area contributed by atoms with E-state index in [2.05, 4.69) is 15.1 Å². The largest absolute Gasteiger partial charge is 0.369 e. The van der Waals surface area contributed by atoms with Gasteiger partial charge in [0, 0.05) is 50.0 Å². The first-order valence-electron chi connectivity index (χ1n) is 12.5. The summed E-state index contributed by atoms with van der Waals surface area (Å²) in [4.78, 5) is 35.9. The standard InChI is InChI=1S/C27H31ClFN5O2/c1-17(2)30-25(35)16-34-26(19-5-7-23(29)22(28)13-19)31-24-8-6-20(14-21(24)27(34)36)33-11-9-32(10-12-33)15-18-3-4-18/h5-8,13-14,17-18H,3-4,9-12,15-16H2,1-2H3,(H,30,35). The summed E-state index contributed by atoms with van der Waals surface area (Å²) in [6.07, 6.45) is 2.71. The van der Waals surface area contributed by atoms with Crippen molar-refractivity contribution in [2.24, 2.45) is 5.92 Å². The molecule has 2 aromatic carbocycles. The minimum atomic E-state index is -0.561. The molecule has 1 amide bonds. The number of halogens is 2. The number of hydrogen-bond donors (Lipinski definition) is 1. The Hall–Kier alpha value is -2.97. The molecule has 1 aromatic heterocycles. The van der Waals surface area contributed by atoms with Gasteiger partial charge in [0.25, 0.3) is 5.56 Å². The van der Waals surface area contributed by atoms with Crippen molar-refractivity contribution in [3.05, 3.63) is 57.6 Å². The van der Waals surface area contributed by atoms with Gasteiger partial charge in [-0.2, -0.15) is 0 Å². The molecule has 2 fully saturated rings. The van der Waals surface area contributed by atoms with Crippen LogP contribution in [0.25, 0.3) is 22.3 Å². The van der Waals surface area contributed by atoms with Gasteiger partial charge in [0.05, 0.1) is 15.9 Å². The molecule has 190 valence electrons. The predicted octanol–water partition coefficient (Wildman–Crippen LogP) is 3.91. The Bertz CT molecular complexity index is 1350. The Kier molecular flexibility index (Phi) is 6.99. The molecule has 0 bridgehead atoms. The van der Waals surface area contributed by atoms with Gasteiger partial charge in [-0.1, -0.05) is 11.6 Å². The van der Waals surface area contributed by atoms with E-state index in [1.165, 1.54) is 42.2 Å². The number of benzene rings is 2. The van der Waals surface area contributed by atoms with Crippen LogP contribution in [0.3, 0.4) is 0 Å². The van der Waals surface area contributed by atoms with Gasteiger partial charge < -0.3 is 10.2 Å². The summed E-state index contributed by atoms with van der Waals surface area (Å²) >= 11 is 6.02. The Morgan fingerprint density at radius 2 is 1.89 bits per heavy atom. The van der Waals surface area contributed by atoms with Crippen molar-refractivity contribution in [1.29, 1.82) is 0 Å². The lowest BCUT2D eigenvalue weighted by atomic mass is 10.1. The van der Waals surface area contributed by atoms with Crippen LogP contribution in [0, 0.1) is 11.7 Å². The number of piperazine rings is 1. The summed E-state index contributed by atoms with van der Waals surface area (Å²) in [5.41, 5.74) is 1.65. The average Bonchev–Trinajstić information content (AvgIpc) is 3.66. The van der Waals surface area contributed by atoms with Gasteiger partial charge in [-0.15, -0.1) is 0 Å². The molecule has 1 aliphatic carbocycles. The highest BCUT2D eigenvalue weighted by Crippen LogP contribution is 2.30. The zero-order valence-electron chi connectivity index (χ0n) is 20.6. The fraction of sp³-hybridized carbons (Fsp3) is 0.444. The maximum Gasteiger partial charge on any atom is 0.262 e. The lowest BCUT2D eigenvalue weighted by Crippen LogP contribution is -2.47. The van der Waals surface area contributed by atoms with Gasteiger partial charge >= 0.3 is 0 Å². The number of aromatic nitrogens is 2. The van der Waals surface area contributed by atoms with E-state index in [1.807, 2.05) is 32.0 Å². The minimum Gasteiger partial charge on any atom is -0.369 e. The van der Waals surface area contributed by atoms with E-state index in [4.69, 9.17) is 16.6 Å². The predicted molar refractivity (Wildman–Crippen MR) is 141 cm³/mol. The van der Waals surface area contributed by atoms with Crippen molar-refractivity contribution in [3.8, 4) is 11.4 Å². The van der Waals surface area contributed by atoms with Crippen LogP contribution < -0.4 is 15.8 Å². The van der Waals surface area contributed by atoms with Crippen LogP contribution in [0.4, 0.5) is 10.1 Å². The molecule has 0 unspecified atom stereocenters. The maximum absolute atomic E-state index is 13.8.